The van der Waals surface area contributed by atoms with Crippen LogP contribution in [0.4, 0.5) is 0 Å². The summed E-state index contributed by atoms with van der Waals surface area (Å²) in [5.74, 6) is -0.186. The van der Waals surface area contributed by atoms with Gasteiger partial charge in [0.25, 0.3) is 11.8 Å². The average Bonchev–Trinajstić information content (AvgIpc) is 3.29. The van der Waals surface area contributed by atoms with Gasteiger partial charge in [-0.1, -0.05) is 6.92 Å². The molecule has 28 heavy (non-hydrogen) atoms. The van der Waals surface area contributed by atoms with Gasteiger partial charge in [-0.15, -0.1) is 11.3 Å². The first-order valence-electron chi connectivity index (χ1n) is 8.90. The van der Waals surface area contributed by atoms with E-state index in [1.807, 2.05) is 6.92 Å². The van der Waals surface area contributed by atoms with E-state index in [4.69, 9.17) is 5.73 Å². The van der Waals surface area contributed by atoms with Gasteiger partial charge in [-0.3, -0.25) is 14.3 Å². The van der Waals surface area contributed by atoms with E-state index < -0.39 is 5.91 Å². The molecule has 3 aromatic rings. The van der Waals surface area contributed by atoms with Crippen molar-refractivity contribution in [2.45, 2.75) is 26.3 Å². The van der Waals surface area contributed by atoms with Crippen LogP contribution in [0.3, 0.4) is 0 Å². The van der Waals surface area contributed by atoms with E-state index in [1.54, 1.807) is 35.1 Å². The zero-order valence-electron chi connectivity index (χ0n) is 15.5. The number of fused-ring (bicyclic) bond motifs is 1. The molecular weight excluding hydrogens is 378 g/mol. The Labute approximate surface area is 165 Å². The molecule has 1 aliphatic rings. The Hall–Kier alpha value is -3.14. The summed E-state index contributed by atoms with van der Waals surface area (Å²) in [5.41, 5.74) is 8.08. The van der Waals surface area contributed by atoms with E-state index >= 15 is 0 Å². The minimum Gasteiger partial charge on any atom is -0.364 e. The Morgan fingerprint density at radius 2 is 2.04 bits per heavy atom. The first kappa shape index (κ1) is 18.2. The van der Waals surface area contributed by atoms with Crippen molar-refractivity contribution >= 4 is 23.2 Å². The molecule has 0 radical (unpaired) electrons. The van der Waals surface area contributed by atoms with Gasteiger partial charge in [0, 0.05) is 43.7 Å². The molecule has 0 atom stereocenters. The zero-order valence-corrected chi connectivity index (χ0v) is 16.4. The number of rotatable bonds is 4. The van der Waals surface area contributed by atoms with E-state index in [9.17, 15) is 9.59 Å². The van der Waals surface area contributed by atoms with Crippen molar-refractivity contribution in [3.63, 3.8) is 0 Å². The summed E-state index contributed by atoms with van der Waals surface area (Å²) in [6.45, 7) is 2.81. The van der Waals surface area contributed by atoms with Gasteiger partial charge >= 0.3 is 0 Å². The van der Waals surface area contributed by atoms with Crippen LogP contribution >= 0.6 is 11.3 Å². The minimum atomic E-state index is -0.582. The normalized spacial score (nSPS) is 13.4. The zero-order chi connectivity index (χ0) is 19.8. The predicted octanol–water partition coefficient (Wildman–Crippen LogP) is 1.19. The average molecular weight is 397 g/mol. The Balaban J connectivity index is 1.66. The van der Waals surface area contributed by atoms with Gasteiger partial charge in [-0.25, -0.2) is 15.0 Å². The van der Waals surface area contributed by atoms with Crippen LogP contribution in [0.1, 0.15) is 44.0 Å². The molecule has 0 aromatic carbocycles. The van der Waals surface area contributed by atoms with E-state index in [0.29, 0.717) is 41.6 Å². The lowest BCUT2D eigenvalue weighted by Crippen LogP contribution is -2.37. The molecular formula is C18H19N7O2S. The van der Waals surface area contributed by atoms with Gasteiger partial charge in [0.15, 0.2) is 16.5 Å². The molecule has 2 amide bonds. The van der Waals surface area contributed by atoms with Crippen LogP contribution in [0.2, 0.25) is 0 Å². The molecule has 1 aliphatic heterocycles. The quantitative estimate of drug-likeness (QED) is 0.706. The molecule has 144 valence electrons. The van der Waals surface area contributed by atoms with Gasteiger partial charge in [0.05, 0.1) is 12.2 Å². The lowest BCUT2D eigenvalue weighted by atomic mass is 10.0. The number of hydrogen-bond donors (Lipinski definition) is 1. The Bertz CT molecular complexity index is 1060. The fourth-order valence-corrected chi connectivity index (χ4v) is 4.44. The third-order valence-electron chi connectivity index (χ3n) is 4.75. The maximum Gasteiger partial charge on any atom is 0.269 e. The summed E-state index contributed by atoms with van der Waals surface area (Å²) < 4.78 is 1.67. The van der Waals surface area contributed by atoms with Gasteiger partial charge < -0.3 is 10.6 Å². The molecule has 0 bridgehead atoms. The number of carbonyl (C=O) groups excluding carboxylic acids is 2. The molecule has 4 heterocycles. The molecule has 9 nitrogen and oxygen atoms in total. The summed E-state index contributed by atoms with van der Waals surface area (Å²) >= 11 is 1.30. The summed E-state index contributed by atoms with van der Waals surface area (Å²) in [4.78, 5) is 40.3. The standard InChI is InChI=1S/C18H19N7O2S/c1-3-11-14(28-17(22-11)16-20-6-4-7-21-16)18(27)25-8-5-12-10(9-25)13(15(19)26)23-24(12)2/h4,6-7H,3,5,8-9H2,1-2H3,(H2,19,26). The summed E-state index contributed by atoms with van der Waals surface area (Å²) in [6.07, 6.45) is 4.54. The number of nitrogens with two attached hydrogens (primary N) is 1. The van der Waals surface area contributed by atoms with Crippen LogP contribution < -0.4 is 5.73 Å². The Morgan fingerprint density at radius 1 is 1.29 bits per heavy atom. The summed E-state index contributed by atoms with van der Waals surface area (Å²) in [7, 11) is 1.78. The predicted molar refractivity (Wildman–Crippen MR) is 103 cm³/mol. The van der Waals surface area contributed by atoms with Gasteiger partial charge in [0.2, 0.25) is 0 Å². The molecule has 3 aromatic heterocycles. The van der Waals surface area contributed by atoms with Crippen LogP contribution in [0.5, 0.6) is 0 Å². The fraction of sp³-hybridized carbons (Fsp3) is 0.333. The van der Waals surface area contributed by atoms with Crippen LogP contribution in [0.15, 0.2) is 18.5 Å². The van der Waals surface area contributed by atoms with Gasteiger partial charge in [0.1, 0.15) is 4.88 Å². The Kier molecular flexibility index (Phi) is 4.63. The van der Waals surface area contributed by atoms with Crippen molar-refractivity contribution in [1.82, 2.24) is 29.6 Å². The van der Waals surface area contributed by atoms with Crippen LogP contribution in [-0.2, 0) is 26.4 Å². The highest BCUT2D eigenvalue weighted by molar-refractivity contribution is 7.17. The van der Waals surface area contributed by atoms with Crippen molar-refractivity contribution in [3.8, 4) is 10.8 Å². The van der Waals surface area contributed by atoms with Gasteiger partial charge in [-0.05, 0) is 12.5 Å². The third kappa shape index (κ3) is 3.05. The van der Waals surface area contributed by atoms with Crippen LogP contribution in [0.25, 0.3) is 10.8 Å². The molecule has 0 aliphatic carbocycles. The summed E-state index contributed by atoms with van der Waals surface area (Å²) in [6, 6.07) is 1.74. The first-order valence-corrected chi connectivity index (χ1v) is 9.72. The smallest absolute Gasteiger partial charge is 0.269 e. The third-order valence-corrected chi connectivity index (χ3v) is 5.83. The van der Waals surface area contributed by atoms with Crippen LogP contribution in [0, 0.1) is 0 Å². The number of thiazole rings is 1. The maximum atomic E-state index is 13.2. The lowest BCUT2D eigenvalue weighted by Gasteiger charge is -2.27. The number of aryl methyl sites for hydroxylation is 2. The van der Waals surface area contributed by atoms with Crippen molar-refractivity contribution in [3.05, 3.63) is 46.0 Å². The summed E-state index contributed by atoms with van der Waals surface area (Å²) in [5, 5.41) is 4.84. The van der Waals surface area contributed by atoms with E-state index in [2.05, 4.69) is 20.1 Å². The largest absolute Gasteiger partial charge is 0.364 e. The number of aromatic nitrogens is 5. The first-order chi connectivity index (χ1) is 13.5. The molecule has 10 heteroatoms. The van der Waals surface area contributed by atoms with Crippen molar-refractivity contribution in [2.75, 3.05) is 6.54 Å². The monoisotopic (exact) mass is 397 g/mol. The minimum absolute atomic E-state index is 0.110. The van der Waals surface area contributed by atoms with E-state index in [-0.39, 0.29) is 11.6 Å². The second-order valence-electron chi connectivity index (χ2n) is 6.46. The molecule has 2 N–H and O–H groups in total. The number of nitrogens with zero attached hydrogens (tertiary/aromatic N) is 6. The Morgan fingerprint density at radius 3 is 2.71 bits per heavy atom. The van der Waals surface area contributed by atoms with E-state index in [0.717, 1.165) is 17.0 Å². The van der Waals surface area contributed by atoms with E-state index in [1.165, 1.54) is 11.3 Å². The molecule has 0 fully saturated rings. The maximum absolute atomic E-state index is 13.2. The lowest BCUT2D eigenvalue weighted by molar-refractivity contribution is 0.0734. The fourth-order valence-electron chi connectivity index (χ4n) is 3.37. The molecule has 0 spiro atoms. The number of primary amides is 1. The highest BCUT2D eigenvalue weighted by Crippen LogP contribution is 2.29. The SMILES string of the molecule is CCc1nc(-c2ncccn2)sc1C(=O)N1CCc2c(c(C(N)=O)nn2C)C1. The second-order valence-corrected chi connectivity index (χ2v) is 7.46. The molecule has 0 saturated heterocycles. The highest BCUT2D eigenvalue weighted by atomic mass is 32.1. The molecule has 4 rings (SSSR count). The number of carbonyl (C=O) groups is 2. The number of amides is 2. The number of hydrogen-bond acceptors (Lipinski definition) is 7. The van der Waals surface area contributed by atoms with Crippen molar-refractivity contribution in [2.24, 2.45) is 12.8 Å². The van der Waals surface area contributed by atoms with Gasteiger partial charge in [-0.2, -0.15) is 5.10 Å². The van der Waals surface area contributed by atoms with Crippen molar-refractivity contribution < 1.29 is 9.59 Å². The second kappa shape index (κ2) is 7.12. The molecule has 0 saturated carbocycles. The van der Waals surface area contributed by atoms with Crippen molar-refractivity contribution in [1.29, 1.82) is 0 Å². The topological polar surface area (TPSA) is 120 Å². The molecule has 0 unspecified atom stereocenters. The highest BCUT2D eigenvalue weighted by Gasteiger charge is 2.31. The van der Waals surface area contributed by atoms with Crippen LogP contribution in [-0.4, -0.2) is 48.0 Å².